The van der Waals surface area contributed by atoms with Gasteiger partial charge in [0.1, 0.15) is 28.5 Å². The van der Waals surface area contributed by atoms with Gasteiger partial charge in [-0.15, -0.1) is 0 Å². The van der Waals surface area contributed by atoms with Gasteiger partial charge >= 0.3 is 0 Å². The Kier molecular flexibility index (Phi) is 5.42. The van der Waals surface area contributed by atoms with E-state index in [1.807, 2.05) is 18.3 Å². The minimum absolute atomic E-state index is 0.206. The molecule has 0 radical (unpaired) electrons. The molecule has 0 spiro atoms. The van der Waals surface area contributed by atoms with Crippen molar-refractivity contribution in [1.82, 2.24) is 25.1 Å². The quantitative estimate of drug-likeness (QED) is 0.471. The van der Waals surface area contributed by atoms with Crippen molar-refractivity contribution in [2.75, 3.05) is 38.2 Å². The third-order valence-corrected chi connectivity index (χ3v) is 7.52. The molecule has 2 atom stereocenters. The topological polar surface area (TPSA) is 90.4 Å². The smallest absolute Gasteiger partial charge is 0.147 e. The summed E-state index contributed by atoms with van der Waals surface area (Å²) in [5, 5.41) is 17.7. The van der Waals surface area contributed by atoms with Crippen molar-refractivity contribution >= 4 is 16.9 Å². The molecule has 1 unspecified atom stereocenters. The zero-order valence-corrected chi connectivity index (χ0v) is 20.3. The third-order valence-electron chi connectivity index (χ3n) is 7.52. The Bertz CT molecular complexity index is 1380. The Morgan fingerprint density at radius 2 is 1.97 bits per heavy atom. The zero-order chi connectivity index (χ0) is 24.1. The number of H-pyrrole nitrogens is 1. The number of piperazine rings is 1. The molecule has 0 bridgehead atoms. The average Bonchev–Trinajstić information content (AvgIpc) is 3.46. The zero-order valence-electron chi connectivity index (χ0n) is 20.3. The third kappa shape index (κ3) is 3.83. The van der Waals surface area contributed by atoms with E-state index in [-0.39, 0.29) is 6.10 Å². The van der Waals surface area contributed by atoms with Crippen LogP contribution in [-0.4, -0.2) is 75.6 Å². The first kappa shape index (κ1) is 22.0. The second-order valence-corrected chi connectivity index (χ2v) is 9.64. The lowest BCUT2D eigenvalue weighted by atomic mass is 9.99. The van der Waals surface area contributed by atoms with Crippen molar-refractivity contribution in [3.63, 3.8) is 0 Å². The van der Waals surface area contributed by atoms with Gasteiger partial charge in [-0.05, 0) is 43.5 Å². The lowest BCUT2D eigenvalue weighted by molar-refractivity contribution is 0.173. The first-order valence-electron chi connectivity index (χ1n) is 12.1. The molecule has 6 rings (SSSR count). The van der Waals surface area contributed by atoms with Gasteiger partial charge in [-0.25, -0.2) is 9.97 Å². The minimum atomic E-state index is -0.206. The van der Waals surface area contributed by atoms with Crippen LogP contribution in [-0.2, 0) is 0 Å². The molecule has 4 aromatic rings. The van der Waals surface area contributed by atoms with Gasteiger partial charge in [-0.2, -0.15) is 5.10 Å². The van der Waals surface area contributed by atoms with Gasteiger partial charge in [0.2, 0.25) is 0 Å². The molecule has 0 amide bonds. The number of nitrogens with zero attached hydrogens (tertiary/aromatic N) is 5. The lowest BCUT2D eigenvalue weighted by Crippen LogP contribution is -2.50. The monoisotopic (exact) mass is 470 g/mol. The number of rotatable bonds is 4. The Hall–Kier alpha value is -3.49. The van der Waals surface area contributed by atoms with E-state index in [9.17, 15) is 5.11 Å². The van der Waals surface area contributed by atoms with Gasteiger partial charge in [-0.3, -0.25) is 10.00 Å². The summed E-state index contributed by atoms with van der Waals surface area (Å²) in [6.07, 6.45) is 2.51. The number of hydrogen-bond donors (Lipinski definition) is 2. The summed E-state index contributed by atoms with van der Waals surface area (Å²) in [4.78, 5) is 14.5. The average molecular weight is 471 g/mol. The summed E-state index contributed by atoms with van der Waals surface area (Å²) >= 11 is 0. The van der Waals surface area contributed by atoms with Crippen molar-refractivity contribution in [3.05, 3.63) is 53.7 Å². The summed E-state index contributed by atoms with van der Waals surface area (Å²) in [5.41, 5.74) is 7.58. The number of ether oxygens (including phenoxy) is 1. The second-order valence-electron chi connectivity index (χ2n) is 9.64. The number of nitrogens with one attached hydrogen (secondary N) is 1. The molecule has 2 N–H and O–H groups in total. The first-order chi connectivity index (χ1) is 17.0. The molecule has 2 fully saturated rings. The number of hydrogen-bond acceptors (Lipinski definition) is 7. The maximum atomic E-state index is 10.00. The van der Waals surface area contributed by atoms with Crippen LogP contribution in [0.25, 0.3) is 33.5 Å². The van der Waals surface area contributed by atoms with Crippen LogP contribution in [0.2, 0.25) is 0 Å². The highest BCUT2D eigenvalue weighted by molar-refractivity contribution is 5.93. The fourth-order valence-electron chi connectivity index (χ4n) is 5.42. The van der Waals surface area contributed by atoms with Crippen LogP contribution in [0.15, 0.2) is 42.6 Å². The van der Waals surface area contributed by atoms with Crippen molar-refractivity contribution in [1.29, 1.82) is 0 Å². The van der Waals surface area contributed by atoms with Crippen molar-refractivity contribution < 1.29 is 9.84 Å². The number of aliphatic hydroxyl groups excluding tert-OH is 1. The molecule has 8 nitrogen and oxygen atoms in total. The molecule has 2 aliphatic rings. The molecule has 180 valence electrons. The molecule has 3 aromatic heterocycles. The van der Waals surface area contributed by atoms with Gasteiger partial charge < -0.3 is 14.7 Å². The van der Waals surface area contributed by atoms with Crippen LogP contribution >= 0.6 is 0 Å². The Morgan fingerprint density at radius 1 is 1.09 bits per heavy atom. The largest absolute Gasteiger partial charge is 0.494 e. The Balaban J connectivity index is 1.33. The molecule has 2 aliphatic heterocycles. The fourth-order valence-corrected chi connectivity index (χ4v) is 5.42. The molecule has 35 heavy (non-hydrogen) atoms. The van der Waals surface area contributed by atoms with E-state index < -0.39 is 0 Å². The standard InChI is InChI=1S/C27H30N6O2/c1-16-5-4-6-21(17(16)2)26-23(35-3)12-22-27(29-26)25(31-30-22)18-7-8-24(28-13-18)33-10-9-32-15-20(34)11-19(32)14-33/h4-8,12-13,19-20,34H,9-11,14-15H2,1-3H3,(H,30,31)/t19-,20?/m0/s1. The maximum absolute atomic E-state index is 10.00. The summed E-state index contributed by atoms with van der Waals surface area (Å²) in [7, 11) is 1.67. The highest BCUT2D eigenvalue weighted by Gasteiger charge is 2.35. The number of anilines is 1. The highest BCUT2D eigenvalue weighted by Crippen LogP contribution is 2.36. The van der Waals surface area contributed by atoms with E-state index in [0.29, 0.717) is 11.8 Å². The molecule has 0 saturated carbocycles. The predicted octanol–water partition coefficient (Wildman–Crippen LogP) is 3.57. The van der Waals surface area contributed by atoms with E-state index in [1.165, 1.54) is 11.1 Å². The molecule has 1 aromatic carbocycles. The van der Waals surface area contributed by atoms with E-state index >= 15 is 0 Å². The van der Waals surface area contributed by atoms with Crippen LogP contribution in [0.3, 0.4) is 0 Å². The fraction of sp³-hybridized carbons (Fsp3) is 0.370. The van der Waals surface area contributed by atoms with Crippen LogP contribution in [0.1, 0.15) is 17.5 Å². The molecular weight excluding hydrogens is 440 g/mol. The molecule has 8 heteroatoms. The second kappa shape index (κ2) is 8.62. The molecule has 0 aliphatic carbocycles. The number of benzene rings is 1. The number of aromatic nitrogens is 4. The Morgan fingerprint density at radius 3 is 2.77 bits per heavy atom. The number of fused-ring (bicyclic) bond motifs is 2. The summed E-state index contributed by atoms with van der Waals surface area (Å²) < 4.78 is 5.69. The van der Waals surface area contributed by atoms with Gasteiger partial charge in [0, 0.05) is 55.6 Å². The van der Waals surface area contributed by atoms with Gasteiger partial charge in [-0.1, -0.05) is 18.2 Å². The van der Waals surface area contributed by atoms with Crippen LogP contribution in [0.5, 0.6) is 5.75 Å². The summed E-state index contributed by atoms with van der Waals surface area (Å²) in [5.74, 6) is 1.67. The maximum Gasteiger partial charge on any atom is 0.147 e. The van der Waals surface area contributed by atoms with Gasteiger partial charge in [0.25, 0.3) is 0 Å². The number of aromatic amines is 1. The van der Waals surface area contributed by atoms with Gasteiger partial charge in [0.05, 0.1) is 18.7 Å². The van der Waals surface area contributed by atoms with Crippen molar-refractivity contribution in [2.45, 2.75) is 32.4 Å². The van der Waals surface area contributed by atoms with E-state index in [0.717, 1.165) is 72.0 Å². The van der Waals surface area contributed by atoms with E-state index in [1.54, 1.807) is 7.11 Å². The van der Waals surface area contributed by atoms with Crippen LogP contribution in [0, 0.1) is 13.8 Å². The lowest BCUT2D eigenvalue weighted by Gasteiger charge is -2.37. The number of aliphatic hydroxyl groups is 1. The van der Waals surface area contributed by atoms with E-state index in [2.05, 4.69) is 58.1 Å². The first-order valence-corrected chi connectivity index (χ1v) is 12.1. The minimum Gasteiger partial charge on any atom is -0.494 e. The Labute approximate surface area is 204 Å². The van der Waals surface area contributed by atoms with Crippen LogP contribution in [0.4, 0.5) is 5.82 Å². The summed E-state index contributed by atoms with van der Waals surface area (Å²) in [6, 6.07) is 12.7. The van der Waals surface area contributed by atoms with Crippen molar-refractivity contribution in [2.24, 2.45) is 0 Å². The van der Waals surface area contributed by atoms with Crippen molar-refractivity contribution in [3.8, 4) is 28.3 Å². The predicted molar refractivity (Wildman–Crippen MR) is 137 cm³/mol. The van der Waals surface area contributed by atoms with E-state index in [4.69, 9.17) is 14.7 Å². The molecule has 2 saturated heterocycles. The highest BCUT2D eigenvalue weighted by atomic mass is 16.5. The van der Waals surface area contributed by atoms with Gasteiger partial charge in [0.15, 0.2) is 0 Å². The number of aryl methyl sites for hydroxylation is 1. The number of pyridine rings is 2. The molecular formula is C27H30N6O2. The normalized spacial score (nSPS) is 20.4. The SMILES string of the molecule is COc1cc2[nH]nc(-c3ccc(N4CCN5CC(O)C[C@H]5C4)nc3)c2nc1-c1cccc(C)c1C. The molecule has 5 heterocycles. The summed E-state index contributed by atoms with van der Waals surface area (Å²) in [6.45, 7) is 7.79. The van der Waals surface area contributed by atoms with Crippen LogP contribution < -0.4 is 9.64 Å². The number of methoxy groups -OCH3 is 1.